The van der Waals surface area contributed by atoms with Gasteiger partial charge in [0, 0.05) is 23.4 Å². The summed E-state index contributed by atoms with van der Waals surface area (Å²) < 4.78 is 0. The number of fused-ring (bicyclic) bond motifs is 1. The summed E-state index contributed by atoms with van der Waals surface area (Å²) in [5, 5.41) is 24.5. The lowest BCUT2D eigenvalue weighted by atomic mass is 9.95. The summed E-state index contributed by atoms with van der Waals surface area (Å²) in [7, 11) is 0. The number of carbonyl (C=O) groups is 1. The SMILES string of the molecule is O=C(C1CCNCC1)N1CCc2cc([N+](O)=NO)sc2C1. The van der Waals surface area contributed by atoms with E-state index in [4.69, 9.17) is 5.21 Å². The first kappa shape index (κ1) is 14.3. The molecule has 3 rings (SSSR count). The zero-order valence-corrected chi connectivity index (χ0v) is 12.5. The van der Waals surface area contributed by atoms with Gasteiger partial charge < -0.3 is 15.4 Å². The van der Waals surface area contributed by atoms with Crippen LogP contribution in [0.3, 0.4) is 0 Å². The first-order chi connectivity index (χ1) is 10.2. The molecule has 0 saturated carbocycles. The molecule has 2 aliphatic heterocycles. The molecule has 114 valence electrons. The molecular weight excluding hydrogens is 292 g/mol. The van der Waals surface area contributed by atoms with E-state index in [1.54, 1.807) is 0 Å². The third-order valence-corrected chi connectivity index (χ3v) is 5.28. The van der Waals surface area contributed by atoms with Crippen LogP contribution in [0.25, 0.3) is 0 Å². The largest absolute Gasteiger partial charge is 0.359 e. The molecular formula is C13H19N4O3S+. The molecule has 8 heteroatoms. The lowest BCUT2D eigenvalue weighted by molar-refractivity contribution is -0.776. The number of piperidine rings is 1. The molecule has 1 aromatic rings. The summed E-state index contributed by atoms with van der Waals surface area (Å²) in [6.45, 7) is 3.13. The fourth-order valence-electron chi connectivity index (χ4n) is 2.96. The predicted molar refractivity (Wildman–Crippen MR) is 75.0 cm³/mol. The van der Waals surface area contributed by atoms with Gasteiger partial charge >= 0.3 is 5.00 Å². The molecule has 0 radical (unpaired) electrons. The first-order valence-electron chi connectivity index (χ1n) is 7.14. The lowest BCUT2D eigenvalue weighted by Crippen LogP contribution is -2.42. The van der Waals surface area contributed by atoms with Gasteiger partial charge in [0.15, 0.2) is 4.86 Å². The molecule has 0 spiro atoms. The molecule has 1 fully saturated rings. The molecule has 0 aliphatic carbocycles. The van der Waals surface area contributed by atoms with Gasteiger partial charge in [-0.05, 0) is 37.9 Å². The highest BCUT2D eigenvalue weighted by Crippen LogP contribution is 2.33. The zero-order valence-electron chi connectivity index (χ0n) is 11.7. The molecule has 1 amide bonds. The fourth-order valence-corrected chi connectivity index (χ4v) is 4.05. The monoisotopic (exact) mass is 311 g/mol. The minimum atomic E-state index is 0.133. The van der Waals surface area contributed by atoms with E-state index in [-0.39, 0.29) is 11.8 Å². The number of nitrogens with zero attached hydrogens (tertiary/aromatic N) is 3. The van der Waals surface area contributed by atoms with Crippen molar-refractivity contribution in [1.29, 1.82) is 0 Å². The van der Waals surface area contributed by atoms with E-state index in [2.05, 4.69) is 10.6 Å². The van der Waals surface area contributed by atoms with Crippen LogP contribution in [0.5, 0.6) is 0 Å². The van der Waals surface area contributed by atoms with Crippen LogP contribution >= 0.6 is 11.3 Å². The number of nitrogens with one attached hydrogen (secondary N) is 1. The Hall–Kier alpha value is -1.67. The van der Waals surface area contributed by atoms with Gasteiger partial charge in [-0.1, -0.05) is 11.3 Å². The molecule has 3 N–H and O–H groups in total. The highest BCUT2D eigenvalue weighted by atomic mass is 32.1. The molecule has 1 aromatic heterocycles. The van der Waals surface area contributed by atoms with Crippen LogP contribution in [-0.2, 0) is 17.8 Å². The van der Waals surface area contributed by atoms with Crippen LogP contribution in [0, 0.1) is 5.92 Å². The Labute approximate surface area is 126 Å². The second-order valence-corrected chi connectivity index (χ2v) is 6.56. The Balaban J connectivity index is 1.71. The summed E-state index contributed by atoms with van der Waals surface area (Å²) in [4.78, 5) is 16.0. The normalized spacial score (nSPS) is 20.4. The van der Waals surface area contributed by atoms with Crippen LogP contribution in [0.4, 0.5) is 5.00 Å². The standard InChI is InChI=1S/C13H18N4O3S/c18-13(9-1-4-14-5-2-9)16-6-3-10-7-12(17(20)15-19)21-11(10)8-16/h7,9,14,20H,1-6,8H2/p+1. The number of thiophene rings is 1. The summed E-state index contributed by atoms with van der Waals surface area (Å²) in [5.74, 6) is 0.374. The van der Waals surface area contributed by atoms with Crippen molar-refractivity contribution in [2.24, 2.45) is 11.2 Å². The van der Waals surface area contributed by atoms with Gasteiger partial charge in [0.05, 0.1) is 6.54 Å². The van der Waals surface area contributed by atoms with Crippen molar-refractivity contribution >= 4 is 22.2 Å². The topological polar surface area (TPSA) is 88.2 Å². The van der Waals surface area contributed by atoms with Crippen molar-refractivity contribution < 1.29 is 20.1 Å². The Morgan fingerprint density at radius 1 is 1.48 bits per heavy atom. The molecule has 1 saturated heterocycles. The van der Waals surface area contributed by atoms with E-state index in [1.807, 2.05) is 11.0 Å². The van der Waals surface area contributed by atoms with Crippen LogP contribution in [0.1, 0.15) is 23.3 Å². The number of amides is 1. The number of rotatable bonds is 2. The maximum atomic E-state index is 12.5. The second kappa shape index (κ2) is 5.98. The Morgan fingerprint density at radius 3 is 2.95 bits per heavy atom. The third kappa shape index (κ3) is 2.86. The smallest absolute Gasteiger partial charge is 0.348 e. The van der Waals surface area contributed by atoms with Gasteiger partial charge in [-0.25, -0.2) is 0 Å². The van der Waals surface area contributed by atoms with Crippen LogP contribution in [0.2, 0.25) is 0 Å². The summed E-state index contributed by atoms with van der Waals surface area (Å²) in [5.41, 5.74) is 1.12. The molecule has 0 atom stereocenters. The average Bonchev–Trinajstić information content (AvgIpc) is 2.97. The Bertz CT molecular complexity index is 566. The Morgan fingerprint density at radius 2 is 2.24 bits per heavy atom. The molecule has 2 aliphatic rings. The molecule has 0 unspecified atom stereocenters. The van der Waals surface area contributed by atoms with Gasteiger partial charge in [-0.2, -0.15) is 0 Å². The predicted octanol–water partition coefficient (Wildman–Crippen LogP) is 1.51. The molecule has 21 heavy (non-hydrogen) atoms. The van der Waals surface area contributed by atoms with Crippen molar-refractivity contribution in [1.82, 2.24) is 10.2 Å². The van der Waals surface area contributed by atoms with Crippen LogP contribution in [-0.4, -0.2) is 45.7 Å². The molecule has 0 bridgehead atoms. The van der Waals surface area contributed by atoms with Gasteiger partial charge in [0.25, 0.3) is 0 Å². The third-order valence-electron chi connectivity index (χ3n) is 4.15. The maximum Gasteiger partial charge on any atom is 0.348 e. The quantitative estimate of drug-likeness (QED) is 0.439. The highest BCUT2D eigenvalue weighted by molar-refractivity contribution is 7.15. The highest BCUT2D eigenvalue weighted by Gasteiger charge is 2.30. The molecule has 3 heterocycles. The van der Waals surface area contributed by atoms with Crippen LogP contribution < -0.4 is 5.32 Å². The van der Waals surface area contributed by atoms with E-state index < -0.39 is 0 Å². The Kier molecular flexibility index (Phi) is 4.07. The number of hydrogen-bond acceptors (Lipinski definition) is 4. The molecule has 0 aromatic carbocycles. The molecule has 7 nitrogen and oxygen atoms in total. The van der Waals surface area contributed by atoms with Crippen molar-refractivity contribution in [2.75, 3.05) is 19.6 Å². The van der Waals surface area contributed by atoms with E-state index in [1.165, 1.54) is 11.3 Å². The van der Waals surface area contributed by atoms with E-state index in [0.717, 1.165) is 42.8 Å². The van der Waals surface area contributed by atoms with Crippen LogP contribution in [0.15, 0.2) is 11.3 Å². The van der Waals surface area contributed by atoms with E-state index in [9.17, 15) is 10.0 Å². The van der Waals surface area contributed by atoms with E-state index >= 15 is 0 Å². The van der Waals surface area contributed by atoms with Crippen molar-refractivity contribution in [3.8, 4) is 0 Å². The zero-order chi connectivity index (χ0) is 14.8. The maximum absolute atomic E-state index is 12.5. The average molecular weight is 311 g/mol. The number of hydrogen-bond donors (Lipinski definition) is 3. The minimum absolute atomic E-state index is 0.133. The second-order valence-electron chi connectivity index (χ2n) is 5.45. The number of carbonyl (C=O) groups excluding carboxylic acids is 1. The summed E-state index contributed by atoms with van der Waals surface area (Å²) in [6.07, 6.45) is 2.60. The van der Waals surface area contributed by atoms with Crippen molar-refractivity contribution in [2.45, 2.75) is 25.8 Å². The van der Waals surface area contributed by atoms with Gasteiger partial charge in [-0.15, -0.1) is 0 Å². The summed E-state index contributed by atoms with van der Waals surface area (Å²) in [6, 6.07) is 1.81. The minimum Gasteiger partial charge on any atom is -0.359 e. The van der Waals surface area contributed by atoms with E-state index in [0.29, 0.717) is 23.0 Å². The first-order valence-corrected chi connectivity index (χ1v) is 7.96. The van der Waals surface area contributed by atoms with Gasteiger partial charge in [-0.3, -0.25) is 10.0 Å². The van der Waals surface area contributed by atoms with Crippen molar-refractivity contribution in [3.63, 3.8) is 0 Å². The van der Waals surface area contributed by atoms with Gasteiger partial charge in [0.1, 0.15) is 0 Å². The summed E-state index contributed by atoms with van der Waals surface area (Å²) >= 11 is 1.35. The van der Waals surface area contributed by atoms with Crippen molar-refractivity contribution in [3.05, 3.63) is 16.5 Å². The van der Waals surface area contributed by atoms with Gasteiger partial charge in [0.2, 0.25) is 11.2 Å². The lowest BCUT2D eigenvalue weighted by Gasteiger charge is -2.32. The fraction of sp³-hybridized carbons (Fsp3) is 0.615.